The first-order chi connectivity index (χ1) is 10.2. The number of hydrogen-bond donors (Lipinski definition) is 0. The summed E-state index contributed by atoms with van der Waals surface area (Å²) in [5, 5.41) is 1.43. The minimum absolute atomic E-state index is 0.0317. The van der Waals surface area contributed by atoms with Gasteiger partial charge in [0.15, 0.2) is 0 Å². The summed E-state index contributed by atoms with van der Waals surface area (Å²) in [7, 11) is 1.65. The van der Waals surface area contributed by atoms with Crippen LogP contribution >= 0.6 is 23.4 Å². The van der Waals surface area contributed by atoms with Crippen LogP contribution in [0.15, 0.2) is 53.5 Å². The zero-order valence-corrected chi connectivity index (χ0v) is 13.0. The maximum atomic E-state index is 5.90. The van der Waals surface area contributed by atoms with Crippen LogP contribution in [0, 0.1) is 0 Å². The second-order valence-corrected chi connectivity index (χ2v) is 5.95. The van der Waals surface area contributed by atoms with Crippen molar-refractivity contribution >= 4 is 34.3 Å². The number of rotatable bonds is 3. The standard InChI is InChI=1S/C16H14ClNO2S/c1-19-14-8-6-13(7-9-14)18-16-20-15(10-21-16)11-2-4-12(17)5-3-11/h2-9,15H,10H2,1H3. The van der Waals surface area contributed by atoms with Crippen LogP contribution in [-0.2, 0) is 4.74 Å². The van der Waals surface area contributed by atoms with Gasteiger partial charge in [-0.1, -0.05) is 35.5 Å². The summed E-state index contributed by atoms with van der Waals surface area (Å²) in [6.07, 6.45) is 0.0317. The third-order valence-electron chi connectivity index (χ3n) is 3.14. The normalized spacial score (nSPS) is 19.5. The second-order valence-electron chi connectivity index (χ2n) is 4.54. The first kappa shape index (κ1) is 14.3. The van der Waals surface area contributed by atoms with E-state index in [9.17, 15) is 0 Å². The van der Waals surface area contributed by atoms with Gasteiger partial charge in [0, 0.05) is 10.8 Å². The fourth-order valence-corrected chi connectivity index (χ4v) is 3.03. The zero-order valence-electron chi connectivity index (χ0n) is 11.5. The summed E-state index contributed by atoms with van der Waals surface area (Å²) < 4.78 is 11.0. The lowest BCUT2D eigenvalue weighted by atomic mass is 10.1. The summed E-state index contributed by atoms with van der Waals surface area (Å²) >= 11 is 7.52. The molecule has 0 saturated carbocycles. The molecule has 2 aromatic carbocycles. The van der Waals surface area contributed by atoms with E-state index in [0.29, 0.717) is 5.23 Å². The molecule has 0 amide bonds. The SMILES string of the molecule is COc1ccc(N=C2OC(c3ccc(Cl)cc3)CS2)cc1. The van der Waals surface area contributed by atoms with Gasteiger partial charge in [-0.2, -0.15) is 0 Å². The molecule has 21 heavy (non-hydrogen) atoms. The Morgan fingerprint density at radius 3 is 2.52 bits per heavy atom. The van der Waals surface area contributed by atoms with E-state index in [-0.39, 0.29) is 6.10 Å². The minimum Gasteiger partial charge on any atom is -0.497 e. The van der Waals surface area contributed by atoms with Gasteiger partial charge in [0.25, 0.3) is 5.23 Å². The Morgan fingerprint density at radius 2 is 1.86 bits per heavy atom. The van der Waals surface area contributed by atoms with Crippen molar-refractivity contribution < 1.29 is 9.47 Å². The van der Waals surface area contributed by atoms with E-state index < -0.39 is 0 Å². The van der Waals surface area contributed by atoms with Crippen LogP contribution < -0.4 is 4.74 Å². The van der Waals surface area contributed by atoms with Gasteiger partial charge in [0.1, 0.15) is 11.9 Å². The van der Waals surface area contributed by atoms with E-state index in [1.165, 1.54) is 0 Å². The van der Waals surface area contributed by atoms with Gasteiger partial charge in [-0.25, -0.2) is 4.99 Å². The molecule has 1 saturated heterocycles. The average molecular weight is 320 g/mol. The van der Waals surface area contributed by atoms with Crippen LogP contribution in [-0.4, -0.2) is 18.1 Å². The first-order valence-corrected chi connectivity index (χ1v) is 7.88. The molecular formula is C16H14ClNO2S. The molecule has 0 aliphatic carbocycles. The summed E-state index contributed by atoms with van der Waals surface area (Å²) in [6, 6.07) is 15.3. The van der Waals surface area contributed by atoms with Crippen LogP contribution in [0.25, 0.3) is 0 Å². The Kier molecular flexibility index (Phi) is 4.36. The highest BCUT2D eigenvalue weighted by molar-refractivity contribution is 8.13. The van der Waals surface area contributed by atoms with E-state index in [2.05, 4.69) is 4.99 Å². The number of methoxy groups -OCH3 is 1. The molecule has 5 heteroatoms. The molecule has 1 aliphatic heterocycles. The molecule has 3 rings (SSSR count). The van der Waals surface area contributed by atoms with Crippen LogP contribution in [0.2, 0.25) is 5.02 Å². The molecule has 0 N–H and O–H groups in total. The van der Waals surface area contributed by atoms with Crippen molar-refractivity contribution in [2.24, 2.45) is 4.99 Å². The topological polar surface area (TPSA) is 30.8 Å². The average Bonchev–Trinajstić information content (AvgIpc) is 2.97. The van der Waals surface area contributed by atoms with Crippen LogP contribution in [0.4, 0.5) is 5.69 Å². The lowest BCUT2D eigenvalue weighted by Gasteiger charge is -2.09. The zero-order chi connectivity index (χ0) is 14.7. The van der Waals surface area contributed by atoms with Gasteiger partial charge in [-0.05, 0) is 42.0 Å². The third-order valence-corrected chi connectivity index (χ3v) is 4.29. The Labute approximate surface area is 132 Å². The lowest BCUT2D eigenvalue weighted by molar-refractivity contribution is 0.236. The number of ether oxygens (including phenoxy) is 2. The summed E-state index contributed by atoms with van der Waals surface area (Å²) in [5.41, 5.74) is 1.97. The highest BCUT2D eigenvalue weighted by Gasteiger charge is 2.24. The third kappa shape index (κ3) is 3.52. The van der Waals surface area contributed by atoms with Gasteiger partial charge >= 0.3 is 0 Å². The van der Waals surface area contributed by atoms with Crippen LogP contribution in [0.1, 0.15) is 11.7 Å². The van der Waals surface area contributed by atoms with Crippen molar-refractivity contribution in [1.29, 1.82) is 0 Å². The minimum atomic E-state index is 0.0317. The fraction of sp³-hybridized carbons (Fsp3) is 0.188. The maximum Gasteiger partial charge on any atom is 0.251 e. The number of benzene rings is 2. The molecule has 2 aromatic rings. The Bertz CT molecular complexity index is 640. The van der Waals surface area contributed by atoms with Gasteiger partial charge < -0.3 is 9.47 Å². The molecule has 1 aliphatic rings. The van der Waals surface area contributed by atoms with Crippen molar-refractivity contribution in [2.75, 3.05) is 12.9 Å². The highest BCUT2D eigenvalue weighted by atomic mass is 35.5. The fourth-order valence-electron chi connectivity index (χ4n) is 2.00. The number of nitrogens with zero attached hydrogens (tertiary/aromatic N) is 1. The van der Waals surface area contributed by atoms with Crippen molar-refractivity contribution in [3.8, 4) is 5.75 Å². The maximum absolute atomic E-state index is 5.90. The van der Waals surface area contributed by atoms with Crippen molar-refractivity contribution in [3.05, 3.63) is 59.1 Å². The molecule has 1 atom stereocenters. The molecule has 0 aromatic heterocycles. The predicted octanol–water partition coefficient (Wildman–Crippen LogP) is 4.84. The smallest absolute Gasteiger partial charge is 0.251 e. The molecule has 1 heterocycles. The van der Waals surface area contributed by atoms with Gasteiger partial charge in [-0.3, -0.25) is 0 Å². The van der Waals surface area contributed by atoms with E-state index in [1.807, 2.05) is 48.5 Å². The van der Waals surface area contributed by atoms with E-state index >= 15 is 0 Å². The molecule has 1 unspecified atom stereocenters. The van der Waals surface area contributed by atoms with E-state index in [0.717, 1.165) is 27.8 Å². The molecule has 108 valence electrons. The molecule has 0 spiro atoms. The Balaban J connectivity index is 1.70. The van der Waals surface area contributed by atoms with Crippen molar-refractivity contribution in [3.63, 3.8) is 0 Å². The number of thioether (sulfide) groups is 1. The van der Waals surface area contributed by atoms with E-state index in [1.54, 1.807) is 18.9 Å². The van der Waals surface area contributed by atoms with Crippen LogP contribution in [0.3, 0.4) is 0 Å². The molecule has 1 fully saturated rings. The van der Waals surface area contributed by atoms with Crippen molar-refractivity contribution in [1.82, 2.24) is 0 Å². The lowest BCUT2D eigenvalue weighted by Crippen LogP contribution is -2.00. The van der Waals surface area contributed by atoms with Gasteiger partial charge in [-0.15, -0.1) is 0 Å². The predicted molar refractivity (Wildman–Crippen MR) is 87.8 cm³/mol. The van der Waals surface area contributed by atoms with E-state index in [4.69, 9.17) is 21.1 Å². The first-order valence-electron chi connectivity index (χ1n) is 6.52. The second kappa shape index (κ2) is 6.41. The summed E-state index contributed by atoms with van der Waals surface area (Å²) in [4.78, 5) is 4.50. The molecular weight excluding hydrogens is 306 g/mol. The number of hydrogen-bond acceptors (Lipinski definition) is 4. The molecule has 3 nitrogen and oxygen atoms in total. The highest BCUT2D eigenvalue weighted by Crippen LogP contribution is 2.34. The summed E-state index contributed by atoms with van der Waals surface area (Å²) in [5.74, 6) is 1.68. The monoisotopic (exact) mass is 319 g/mol. The van der Waals surface area contributed by atoms with Crippen LogP contribution in [0.5, 0.6) is 5.75 Å². The van der Waals surface area contributed by atoms with Gasteiger partial charge in [0.05, 0.1) is 12.8 Å². The Morgan fingerprint density at radius 1 is 1.14 bits per heavy atom. The largest absolute Gasteiger partial charge is 0.497 e. The summed E-state index contributed by atoms with van der Waals surface area (Å²) in [6.45, 7) is 0. The van der Waals surface area contributed by atoms with Gasteiger partial charge in [0.2, 0.25) is 0 Å². The molecule has 0 radical (unpaired) electrons. The number of aliphatic imine (C=N–C) groups is 1. The Hall–Kier alpha value is -1.65. The number of halogens is 1. The van der Waals surface area contributed by atoms with Crippen molar-refractivity contribution in [2.45, 2.75) is 6.10 Å². The quantitative estimate of drug-likeness (QED) is 0.811. The molecule has 0 bridgehead atoms.